The summed E-state index contributed by atoms with van der Waals surface area (Å²) >= 11 is 0. The SMILES string of the molecule is Cc1nc(C2=Cc3c(c(=O)c(C)cn3-c3cc(C(C)(C)O)ccc3Oc3c(C)cc(F)cc3F)C2)n[nH]1. The molecule has 2 N–H and O–H groups in total. The molecule has 1 aliphatic carbocycles. The number of ether oxygens (including phenoxy) is 1. The molecule has 9 heteroatoms. The lowest BCUT2D eigenvalue weighted by Gasteiger charge is -2.23. The number of hydrogen-bond acceptors (Lipinski definition) is 5. The van der Waals surface area contributed by atoms with E-state index in [9.17, 15) is 18.7 Å². The van der Waals surface area contributed by atoms with Gasteiger partial charge in [-0.15, -0.1) is 0 Å². The van der Waals surface area contributed by atoms with E-state index in [1.807, 2.05) is 6.08 Å². The van der Waals surface area contributed by atoms with Crippen LogP contribution in [0.15, 0.2) is 41.3 Å². The van der Waals surface area contributed by atoms with Gasteiger partial charge in [-0.2, -0.15) is 5.10 Å². The van der Waals surface area contributed by atoms with Gasteiger partial charge in [0.1, 0.15) is 11.6 Å². The van der Waals surface area contributed by atoms with Crippen LogP contribution < -0.4 is 10.2 Å². The molecule has 5 rings (SSSR count). The number of pyridine rings is 1. The molecule has 0 saturated heterocycles. The molecular formula is C28H26F2N4O3. The van der Waals surface area contributed by atoms with Gasteiger partial charge in [0.25, 0.3) is 0 Å². The number of aromatic amines is 1. The van der Waals surface area contributed by atoms with E-state index in [0.29, 0.717) is 51.7 Å². The third kappa shape index (κ3) is 4.46. The summed E-state index contributed by atoms with van der Waals surface area (Å²) in [6.07, 6.45) is 3.89. The van der Waals surface area contributed by atoms with Crippen LogP contribution in [-0.4, -0.2) is 24.9 Å². The second-order valence-corrected chi connectivity index (χ2v) is 9.84. The van der Waals surface area contributed by atoms with Crippen LogP contribution in [0.3, 0.4) is 0 Å². The van der Waals surface area contributed by atoms with E-state index in [1.165, 1.54) is 6.07 Å². The number of aryl methyl sites for hydroxylation is 3. The van der Waals surface area contributed by atoms with Gasteiger partial charge in [0.15, 0.2) is 28.6 Å². The van der Waals surface area contributed by atoms with Crippen molar-refractivity contribution in [2.75, 3.05) is 0 Å². The van der Waals surface area contributed by atoms with Crippen LogP contribution in [0.25, 0.3) is 17.3 Å². The molecule has 0 atom stereocenters. The highest BCUT2D eigenvalue weighted by atomic mass is 19.1. The first-order chi connectivity index (χ1) is 17.4. The second-order valence-electron chi connectivity index (χ2n) is 9.84. The quantitative estimate of drug-likeness (QED) is 0.386. The zero-order valence-corrected chi connectivity index (χ0v) is 21.1. The lowest BCUT2D eigenvalue weighted by molar-refractivity contribution is 0.0785. The van der Waals surface area contributed by atoms with Gasteiger partial charge in [-0.25, -0.2) is 13.8 Å². The van der Waals surface area contributed by atoms with E-state index < -0.39 is 17.2 Å². The molecular weight excluding hydrogens is 478 g/mol. The van der Waals surface area contributed by atoms with Crippen molar-refractivity contribution >= 4 is 11.6 Å². The molecule has 0 bridgehead atoms. The predicted octanol–water partition coefficient (Wildman–Crippen LogP) is 5.28. The smallest absolute Gasteiger partial charge is 0.188 e. The fourth-order valence-electron chi connectivity index (χ4n) is 4.49. The van der Waals surface area contributed by atoms with Crippen molar-refractivity contribution in [2.45, 2.75) is 46.6 Å². The molecule has 2 heterocycles. The lowest BCUT2D eigenvalue weighted by Crippen LogP contribution is -2.19. The summed E-state index contributed by atoms with van der Waals surface area (Å²) in [7, 11) is 0. The minimum absolute atomic E-state index is 0.0914. The molecule has 0 radical (unpaired) electrons. The van der Waals surface area contributed by atoms with Gasteiger partial charge >= 0.3 is 0 Å². The Morgan fingerprint density at radius 1 is 1.11 bits per heavy atom. The fourth-order valence-corrected chi connectivity index (χ4v) is 4.49. The van der Waals surface area contributed by atoms with Crippen LogP contribution >= 0.6 is 0 Å². The maximum absolute atomic E-state index is 14.7. The predicted molar refractivity (Wildman–Crippen MR) is 136 cm³/mol. The van der Waals surface area contributed by atoms with Crippen molar-refractivity contribution in [1.82, 2.24) is 19.7 Å². The minimum atomic E-state index is -1.18. The Morgan fingerprint density at radius 2 is 1.86 bits per heavy atom. The summed E-state index contributed by atoms with van der Waals surface area (Å²) in [5.41, 5.74) is 2.54. The van der Waals surface area contributed by atoms with E-state index in [4.69, 9.17) is 4.74 Å². The highest BCUT2D eigenvalue weighted by Crippen LogP contribution is 2.38. The summed E-state index contributed by atoms with van der Waals surface area (Å²) in [5.74, 6) is -0.221. The van der Waals surface area contributed by atoms with E-state index >= 15 is 0 Å². The lowest BCUT2D eigenvalue weighted by atomic mass is 9.97. The van der Waals surface area contributed by atoms with Crippen molar-refractivity contribution in [3.05, 3.63) is 98.0 Å². The average Bonchev–Trinajstić information content (AvgIpc) is 3.45. The number of halogens is 2. The van der Waals surface area contributed by atoms with E-state index in [0.717, 1.165) is 11.6 Å². The number of rotatable bonds is 5. The van der Waals surface area contributed by atoms with E-state index in [-0.39, 0.29) is 16.9 Å². The Labute approximate surface area is 212 Å². The Bertz CT molecular complexity index is 1620. The minimum Gasteiger partial charge on any atom is -0.452 e. The number of benzene rings is 2. The Balaban J connectivity index is 1.73. The van der Waals surface area contributed by atoms with Gasteiger partial charge in [-0.3, -0.25) is 9.89 Å². The summed E-state index contributed by atoms with van der Waals surface area (Å²) in [5, 5.41) is 17.8. The third-order valence-electron chi connectivity index (χ3n) is 6.42. The number of H-pyrrole nitrogens is 1. The number of allylic oxidation sites excluding steroid dienone is 1. The van der Waals surface area contributed by atoms with Gasteiger partial charge in [0.2, 0.25) is 0 Å². The number of aromatic nitrogens is 4. The van der Waals surface area contributed by atoms with Crippen LogP contribution in [0.4, 0.5) is 8.78 Å². The van der Waals surface area contributed by atoms with Crippen LogP contribution in [0.5, 0.6) is 11.5 Å². The number of nitrogens with one attached hydrogen (secondary N) is 1. The first kappa shape index (κ1) is 24.6. The van der Waals surface area contributed by atoms with Crippen molar-refractivity contribution in [2.24, 2.45) is 0 Å². The van der Waals surface area contributed by atoms with Crippen molar-refractivity contribution < 1.29 is 18.6 Å². The van der Waals surface area contributed by atoms with Crippen molar-refractivity contribution in [3.63, 3.8) is 0 Å². The van der Waals surface area contributed by atoms with E-state index in [2.05, 4.69) is 15.2 Å². The largest absolute Gasteiger partial charge is 0.452 e. The zero-order valence-electron chi connectivity index (χ0n) is 21.1. The van der Waals surface area contributed by atoms with Crippen LogP contribution in [0.1, 0.15) is 53.4 Å². The van der Waals surface area contributed by atoms with Gasteiger partial charge in [0, 0.05) is 35.4 Å². The highest BCUT2D eigenvalue weighted by molar-refractivity contribution is 5.86. The summed E-state index contributed by atoms with van der Waals surface area (Å²) in [4.78, 5) is 17.5. The highest BCUT2D eigenvalue weighted by Gasteiger charge is 2.26. The molecule has 7 nitrogen and oxygen atoms in total. The van der Waals surface area contributed by atoms with Gasteiger partial charge < -0.3 is 14.4 Å². The van der Waals surface area contributed by atoms with Crippen LogP contribution in [0, 0.1) is 32.4 Å². The van der Waals surface area contributed by atoms with Gasteiger partial charge in [-0.05, 0) is 70.0 Å². The molecule has 0 amide bonds. The molecule has 2 aromatic heterocycles. The third-order valence-corrected chi connectivity index (χ3v) is 6.42. The Kier molecular flexibility index (Phi) is 5.83. The van der Waals surface area contributed by atoms with E-state index in [1.54, 1.807) is 63.6 Å². The molecule has 190 valence electrons. The first-order valence-electron chi connectivity index (χ1n) is 11.8. The monoisotopic (exact) mass is 504 g/mol. The number of nitrogens with zero attached hydrogens (tertiary/aromatic N) is 3. The standard InChI is InChI=1S/C28H26F2N4O3/c1-14-8-19(29)12-21(30)26(14)37-24-7-6-18(28(4,5)36)11-23(24)34-13-15(2)25(35)20-9-17(10-22(20)34)27-31-16(3)32-33-27/h6-8,10-13,36H,9H2,1-5H3,(H,31,32,33). The normalized spacial score (nSPS) is 13.0. The molecule has 0 saturated carbocycles. The molecule has 0 spiro atoms. The molecule has 1 aliphatic rings. The molecule has 0 fully saturated rings. The first-order valence-corrected chi connectivity index (χ1v) is 11.8. The number of aliphatic hydroxyl groups is 1. The van der Waals surface area contributed by atoms with Crippen molar-refractivity contribution in [3.8, 4) is 17.2 Å². The Morgan fingerprint density at radius 3 is 2.51 bits per heavy atom. The fraction of sp³-hybridized carbons (Fsp3) is 0.250. The molecule has 2 aromatic carbocycles. The molecule has 37 heavy (non-hydrogen) atoms. The Hall–Kier alpha value is -4.11. The zero-order chi connectivity index (χ0) is 26.6. The van der Waals surface area contributed by atoms with Gasteiger partial charge in [0.05, 0.1) is 17.0 Å². The summed E-state index contributed by atoms with van der Waals surface area (Å²) < 4.78 is 36.2. The maximum atomic E-state index is 14.7. The molecule has 4 aromatic rings. The van der Waals surface area contributed by atoms with Gasteiger partial charge in [-0.1, -0.05) is 6.07 Å². The number of fused-ring (bicyclic) bond motifs is 1. The van der Waals surface area contributed by atoms with Crippen LogP contribution in [-0.2, 0) is 12.0 Å². The van der Waals surface area contributed by atoms with Crippen LogP contribution in [0.2, 0.25) is 0 Å². The molecule has 0 unspecified atom stereocenters. The summed E-state index contributed by atoms with van der Waals surface area (Å²) in [6.45, 7) is 8.38. The average molecular weight is 505 g/mol. The van der Waals surface area contributed by atoms with Crippen molar-refractivity contribution in [1.29, 1.82) is 0 Å². The summed E-state index contributed by atoms with van der Waals surface area (Å²) in [6, 6.07) is 7.01. The topological polar surface area (TPSA) is 93.0 Å². The maximum Gasteiger partial charge on any atom is 0.188 e. The second kappa shape index (κ2) is 8.77. The molecule has 0 aliphatic heterocycles. The number of hydrogen-bond donors (Lipinski definition) is 2.